The molecular formula is C13H19N5O2S. The Bertz CT molecular complexity index is 517. The molecule has 3 N–H and O–H groups in total. The molecule has 0 saturated heterocycles. The molecule has 0 aromatic carbocycles. The van der Waals surface area contributed by atoms with Gasteiger partial charge in [-0.05, 0) is 12.8 Å². The van der Waals surface area contributed by atoms with Crippen LogP contribution in [0, 0.1) is 11.3 Å². The lowest BCUT2D eigenvalue weighted by Gasteiger charge is -2.26. The van der Waals surface area contributed by atoms with Crippen molar-refractivity contribution in [2.45, 2.75) is 55.8 Å². The lowest BCUT2D eigenvalue weighted by Crippen LogP contribution is -2.47. The number of nitrogens with one attached hydrogen (secondary N) is 1. The molecule has 1 amide bonds. The molecule has 0 aliphatic heterocycles. The van der Waals surface area contributed by atoms with Crippen LogP contribution in [0.15, 0.2) is 9.64 Å². The maximum absolute atomic E-state index is 12.0. The van der Waals surface area contributed by atoms with Crippen LogP contribution in [0.1, 0.15) is 44.4 Å². The topological polar surface area (TPSA) is 118 Å². The second-order valence-corrected chi connectivity index (χ2v) is 6.04. The van der Waals surface area contributed by atoms with Crippen molar-refractivity contribution in [3.05, 3.63) is 5.89 Å². The smallest absolute Gasteiger partial charge is 0.277 e. The number of amides is 1. The molecule has 1 aromatic rings. The molecule has 114 valence electrons. The molecule has 8 heteroatoms. The standard InChI is InChI=1S/C13H19N5O2S/c14-7-11-17-18-12(20-11)21-8-10(19)16-13(9-15)5-3-1-2-4-6-13/h1-8,14H2,(H,16,19). The van der Waals surface area contributed by atoms with Gasteiger partial charge in [-0.25, -0.2) is 0 Å². The number of carbonyl (C=O) groups is 1. The Morgan fingerprint density at radius 1 is 1.38 bits per heavy atom. The van der Waals surface area contributed by atoms with Crippen LogP contribution < -0.4 is 11.1 Å². The summed E-state index contributed by atoms with van der Waals surface area (Å²) in [7, 11) is 0. The van der Waals surface area contributed by atoms with E-state index in [1.807, 2.05) is 0 Å². The lowest BCUT2D eigenvalue weighted by molar-refractivity contribution is -0.120. The highest BCUT2D eigenvalue weighted by molar-refractivity contribution is 7.99. The number of hydrogen-bond acceptors (Lipinski definition) is 7. The minimum atomic E-state index is -0.717. The first-order valence-electron chi connectivity index (χ1n) is 7.05. The number of nitriles is 1. The Morgan fingerprint density at radius 3 is 2.67 bits per heavy atom. The van der Waals surface area contributed by atoms with Gasteiger partial charge >= 0.3 is 0 Å². The number of rotatable bonds is 5. The van der Waals surface area contributed by atoms with Crippen molar-refractivity contribution in [1.29, 1.82) is 5.26 Å². The van der Waals surface area contributed by atoms with E-state index in [2.05, 4.69) is 21.6 Å². The van der Waals surface area contributed by atoms with Gasteiger partial charge in [0.1, 0.15) is 5.54 Å². The van der Waals surface area contributed by atoms with Crippen molar-refractivity contribution in [3.8, 4) is 6.07 Å². The fraction of sp³-hybridized carbons (Fsp3) is 0.692. The van der Waals surface area contributed by atoms with E-state index in [0.29, 0.717) is 11.1 Å². The van der Waals surface area contributed by atoms with Crippen LogP contribution >= 0.6 is 11.8 Å². The minimum absolute atomic E-state index is 0.148. The predicted molar refractivity (Wildman–Crippen MR) is 77.1 cm³/mol. The first-order valence-corrected chi connectivity index (χ1v) is 8.03. The van der Waals surface area contributed by atoms with Crippen molar-refractivity contribution in [2.24, 2.45) is 5.73 Å². The highest BCUT2D eigenvalue weighted by atomic mass is 32.2. The Morgan fingerprint density at radius 2 is 2.10 bits per heavy atom. The Hall–Kier alpha value is -1.59. The van der Waals surface area contributed by atoms with E-state index in [0.717, 1.165) is 50.3 Å². The van der Waals surface area contributed by atoms with E-state index in [4.69, 9.17) is 10.2 Å². The normalized spacial score (nSPS) is 17.7. The number of thioether (sulfide) groups is 1. The van der Waals surface area contributed by atoms with Crippen LogP contribution in [0.25, 0.3) is 0 Å². The van der Waals surface area contributed by atoms with Crippen LogP contribution in [0.2, 0.25) is 0 Å². The average Bonchev–Trinajstić information content (AvgIpc) is 2.84. The van der Waals surface area contributed by atoms with Gasteiger partial charge in [0, 0.05) is 0 Å². The van der Waals surface area contributed by atoms with Crippen LogP contribution in [-0.2, 0) is 11.3 Å². The molecule has 1 aliphatic rings. The fourth-order valence-electron chi connectivity index (χ4n) is 2.41. The van der Waals surface area contributed by atoms with Gasteiger partial charge in [0.25, 0.3) is 5.22 Å². The maximum Gasteiger partial charge on any atom is 0.277 e. The van der Waals surface area contributed by atoms with Gasteiger partial charge in [0.15, 0.2) is 0 Å². The average molecular weight is 309 g/mol. The molecule has 1 aliphatic carbocycles. The number of hydrogen-bond donors (Lipinski definition) is 2. The number of carbonyl (C=O) groups excluding carboxylic acids is 1. The predicted octanol–water partition coefficient (Wildman–Crippen LogP) is 1.35. The molecule has 7 nitrogen and oxygen atoms in total. The monoisotopic (exact) mass is 309 g/mol. The van der Waals surface area contributed by atoms with Crippen molar-refractivity contribution in [1.82, 2.24) is 15.5 Å². The number of nitrogens with two attached hydrogens (primary N) is 1. The van der Waals surface area contributed by atoms with Gasteiger partial charge in [-0.3, -0.25) is 4.79 Å². The van der Waals surface area contributed by atoms with Crippen LogP contribution in [0.5, 0.6) is 0 Å². The Kier molecular flexibility index (Phi) is 5.59. The van der Waals surface area contributed by atoms with Crippen molar-refractivity contribution in [2.75, 3.05) is 5.75 Å². The second kappa shape index (κ2) is 7.43. The van der Waals surface area contributed by atoms with Crippen LogP contribution in [0.4, 0.5) is 0 Å². The summed E-state index contributed by atoms with van der Waals surface area (Å²) in [4.78, 5) is 12.0. The van der Waals surface area contributed by atoms with E-state index >= 15 is 0 Å². The van der Waals surface area contributed by atoms with Gasteiger partial charge in [-0.2, -0.15) is 5.26 Å². The quantitative estimate of drug-likeness (QED) is 0.622. The summed E-state index contributed by atoms with van der Waals surface area (Å²) in [5.74, 6) is 0.307. The molecule has 0 spiro atoms. The summed E-state index contributed by atoms with van der Waals surface area (Å²) in [5, 5.41) is 20.1. The van der Waals surface area contributed by atoms with Crippen molar-refractivity contribution >= 4 is 17.7 Å². The summed E-state index contributed by atoms with van der Waals surface area (Å²) in [6.07, 6.45) is 5.64. The first kappa shape index (κ1) is 15.8. The molecule has 0 radical (unpaired) electrons. The third kappa shape index (κ3) is 4.44. The third-order valence-electron chi connectivity index (χ3n) is 3.50. The van der Waals surface area contributed by atoms with E-state index in [1.165, 1.54) is 0 Å². The molecule has 1 heterocycles. The molecule has 0 bridgehead atoms. The van der Waals surface area contributed by atoms with Crippen molar-refractivity contribution < 1.29 is 9.21 Å². The SMILES string of the molecule is N#CC1(NC(=O)CSc2nnc(CN)o2)CCCCCC1. The number of aromatic nitrogens is 2. The molecule has 1 aromatic heterocycles. The molecule has 0 unspecified atom stereocenters. The van der Waals surface area contributed by atoms with E-state index in [1.54, 1.807) is 0 Å². The molecule has 0 atom stereocenters. The fourth-order valence-corrected chi connectivity index (χ4v) is 2.99. The first-order chi connectivity index (χ1) is 10.2. The molecular weight excluding hydrogens is 290 g/mol. The zero-order valence-electron chi connectivity index (χ0n) is 11.8. The highest BCUT2D eigenvalue weighted by Gasteiger charge is 2.32. The van der Waals surface area contributed by atoms with E-state index < -0.39 is 5.54 Å². The minimum Gasteiger partial charge on any atom is -0.415 e. The second-order valence-electron chi connectivity index (χ2n) is 5.11. The number of nitrogens with zero attached hydrogens (tertiary/aromatic N) is 3. The van der Waals surface area contributed by atoms with Gasteiger partial charge in [0.05, 0.1) is 18.4 Å². The van der Waals surface area contributed by atoms with Gasteiger partial charge in [0.2, 0.25) is 11.8 Å². The van der Waals surface area contributed by atoms with E-state index in [-0.39, 0.29) is 18.2 Å². The Labute approximate surface area is 127 Å². The van der Waals surface area contributed by atoms with E-state index in [9.17, 15) is 10.1 Å². The van der Waals surface area contributed by atoms with Gasteiger partial charge in [-0.1, -0.05) is 37.4 Å². The molecule has 1 fully saturated rings. The third-order valence-corrected chi connectivity index (χ3v) is 4.32. The highest BCUT2D eigenvalue weighted by Crippen LogP contribution is 2.27. The maximum atomic E-state index is 12.0. The zero-order chi connectivity index (χ0) is 15.1. The largest absolute Gasteiger partial charge is 0.415 e. The summed E-state index contributed by atoms with van der Waals surface area (Å²) in [5.41, 5.74) is 4.66. The summed E-state index contributed by atoms with van der Waals surface area (Å²) >= 11 is 1.15. The van der Waals surface area contributed by atoms with Crippen LogP contribution in [-0.4, -0.2) is 27.4 Å². The Balaban J connectivity index is 1.86. The summed E-state index contributed by atoms with van der Waals surface area (Å²) in [6, 6.07) is 2.29. The van der Waals surface area contributed by atoms with Gasteiger partial charge < -0.3 is 15.5 Å². The van der Waals surface area contributed by atoms with Crippen LogP contribution in [0.3, 0.4) is 0 Å². The zero-order valence-corrected chi connectivity index (χ0v) is 12.6. The van der Waals surface area contributed by atoms with Crippen molar-refractivity contribution in [3.63, 3.8) is 0 Å². The molecule has 2 rings (SSSR count). The molecule has 1 saturated carbocycles. The summed E-state index contributed by atoms with van der Waals surface area (Å²) in [6.45, 7) is 0.178. The molecule has 21 heavy (non-hydrogen) atoms. The lowest BCUT2D eigenvalue weighted by atomic mass is 9.92. The summed E-state index contributed by atoms with van der Waals surface area (Å²) < 4.78 is 5.22. The van der Waals surface area contributed by atoms with Gasteiger partial charge in [-0.15, -0.1) is 10.2 Å².